The molecule has 14 heteroatoms. The molecular weight excluding hydrogens is 350 g/mol. The van der Waals surface area contributed by atoms with E-state index in [0.717, 1.165) is 0 Å². The molecule has 0 aromatic heterocycles. The van der Waals surface area contributed by atoms with Crippen LogP contribution in [0.2, 0.25) is 0 Å². The van der Waals surface area contributed by atoms with Crippen LogP contribution in [0.15, 0.2) is 0 Å². The predicted octanol–water partition coefficient (Wildman–Crippen LogP) is 4.22. The summed E-state index contributed by atoms with van der Waals surface area (Å²) in [5.41, 5.74) is 0. The molecule has 0 aliphatic carbocycles. The second-order valence-corrected chi connectivity index (χ2v) is 5.09. The zero-order valence-corrected chi connectivity index (χ0v) is 10.7. The van der Waals surface area contributed by atoms with Gasteiger partial charge < -0.3 is 0 Å². The van der Waals surface area contributed by atoms with Gasteiger partial charge in [0.25, 0.3) is 0 Å². The minimum atomic E-state index is -5.44. The monoisotopic (exact) mass is 358 g/mol. The van der Waals surface area contributed by atoms with E-state index in [1.807, 2.05) is 0 Å². The van der Waals surface area contributed by atoms with Crippen LogP contribution in [-0.4, -0.2) is 38.3 Å². The number of hydrogen-bond donors (Lipinski definition) is 0. The molecule has 0 spiro atoms. The second-order valence-electron chi connectivity index (χ2n) is 3.42. The molecule has 0 bridgehead atoms. The fraction of sp³-hybridized carbons (Fsp3) is 1.00. The highest BCUT2D eigenvalue weighted by Gasteiger charge is 2.40. The highest BCUT2D eigenvalue weighted by molar-refractivity contribution is 7.48. The highest BCUT2D eigenvalue weighted by Crippen LogP contribution is 2.51. The van der Waals surface area contributed by atoms with Crippen molar-refractivity contribution in [3.8, 4) is 0 Å². The van der Waals surface area contributed by atoms with Gasteiger partial charge in [0, 0.05) is 0 Å². The van der Waals surface area contributed by atoms with Crippen LogP contribution in [0.5, 0.6) is 0 Å². The summed E-state index contributed by atoms with van der Waals surface area (Å²) in [6.07, 6.45) is -16.8. The first-order valence-electron chi connectivity index (χ1n) is 4.86. The molecule has 0 N–H and O–H groups in total. The fourth-order valence-corrected chi connectivity index (χ4v) is 1.84. The van der Waals surface area contributed by atoms with Crippen molar-refractivity contribution in [1.82, 2.24) is 0 Å². The second kappa shape index (κ2) is 7.16. The molecule has 0 amide bonds. The summed E-state index contributed by atoms with van der Waals surface area (Å²) < 4.78 is 128. The number of rotatable bonds is 7. The van der Waals surface area contributed by atoms with Gasteiger partial charge in [0.2, 0.25) is 0 Å². The molecule has 0 saturated heterocycles. The Labute approximate surface area is 111 Å². The van der Waals surface area contributed by atoms with Crippen molar-refractivity contribution in [2.75, 3.05) is 19.8 Å². The molecule has 0 saturated carbocycles. The van der Waals surface area contributed by atoms with Gasteiger partial charge in [-0.2, -0.15) is 39.5 Å². The maximum atomic E-state index is 11.8. The Bertz CT molecular complexity index is 339. The van der Waals surface area contributed by atoms with E-state index in [2.05, 4.69) is 13.6 Å². The topological polar surface area (TPSA) is 44.8 Å². The van der Waals surface area contributed by atoms with E-state index in [9.17, 15) is 44.1 Å². The van der Waals surface area contributed by atoms with Crippen molar-refractivity contribution in [1.29, 1.82) is 0 Å². The molecule has 0 fully saturated rings. The lowest BCUT2D eigenvalue weighted by Crippen LogP contribution is -2.21. The first-order chi connectivity index (χ1) is 9.12. The van der Waals surface area contributed by atoms with E-state index >= 15 is 0 Å². The lowest BCUT2D eigenvalue weighted by Gasteiger charge is -2.19. The maximum absolute atomic E-state index is 11.8. The average molecular weight is 358 g/mol. The zero-order chi connectivity index (χ0) is 16.9. The molecule has 0 aromatic rings. The van der Waals surface area contributed by atoms with Gasteiger partial charge in [-0.05, 0) is 0 Å². The number of phosphoric ester groups is 1. The van der Waals surface area contributed by atoms with Crippen molar-refractivity contribution < 1.29 is 57.7 Å². The van der Waals surface area contributed by atoms with Crippen LogP contribution in [0.3, 0.4) is 0 Å². The summed E-state index contributed by atoms with van der Waals surface area (Å²) in [6, 6.07) is 0. The third-order valence-electron chi connectivity index (χ3n) is 1.41. The number of hydrogen-bond acceptors (Lipinski definition) is 4. The quantitative estimate of drug-likeness (QED) is 0.505. The smallest absolute Gasteiger partial charge is 0.287 e. The molecule has 0 aromatic carbocycles. The Morgan fingerprint density at radius 3 is 1.33 bits per heavy atom. The average Bonchev–Trinajstić information content (AvgIpc) is 2.20. The summed E-state index contributed by atoms with van der Waals surface area (Å²) in [4.78, 5) is 0. The third-order valence-corrected chi connectivity index (χ3v) is 2.80. The summed E-state index contributed by atoms with van der Waals surface area (Å²) in [6.45, 7) is -6.11. The maximum Gasteiger partial charge on any atom is 0.475 e. The van der Waals surface area contributed by atoms with Crippen molar-refractivity contribution in [3.63, 3.8) is 0 Å². The fourth-order valence-electron chi connectivity index (χ4n) is 0.689. The molecule has 4 nitrogen and oxygen atoms in total. The summed E-state index contributed by atoms with van der Waals surface area (Å²) in [5, 5.41) is 0. The van der Waals surface area contributed by atoms with Gasteiger partial charge in [-0.1, -0.05) is 0 Å². The third kappa shape index (κ3) is 12.9. The highest BCUT2D eigenvalue weighted by atomic mass is 31.2. The first kappa shape index (κ1) is 20.5. The minimum absolute atomic E-state index is 1.49. The van der Waals surface area contributed by atoms with Crippen LogP contribution in [-0.2, 0) is 18.1 Å². The van der Waals surface area contributed by atoms with Crippen LogP contribution in [0.4, 0.5) is 39.5 Å². The van der Waals surface area contributed by atoms with Gasteiger partial charge in [-0.3, -0.25) is 13.6 Å². The van der Waals surface area contributed by atoms with E-state index in [1.54, 1.807) is 0 Å². The molecule has 0 aliphatic heterocycles. The SMILES string of the molecule is O=P(OCCC(F)(F)F)(OCC(F)(F)F)OCC(F)(F)F. The van der Waals surface area contributed by atoms with Crippen LogP contribution in [0, 0.1) is 0 Å². The van der Waals surface area contributed by atoms with E-state index < -0.39 is 52.6 Å². The largest absolute Gasteiger partial charge is 0.475 e. The van der Waals surface area contributed by atoms with Gasteiger partial charge in [0.05, 0.1) is 13.0 Å². The minimum Gasteiger partial charge on any atom is -0.287 e. The van der Waals surface area contributed by atoms with Crippen LogP contribution < -0.4 is 0 Å². The van der Waals surface area contributed by atoms with Gasteiger partial charge in [-0.25, -0.2) is 4.57 Å². The molecule has 0 aliphatic rings. The van der Waals surface area contributed by atoms with Crippen molar-refractivity contribution in [2.24, 2.45) is 0 Å². The number of halogens is 9. The Hall–Kier alpha value is -0.520. The van der Waals surface area contributed by atoms with E-state index in [-0.39, 0.29) is 0 Å². The first-order valence-corrected chi connectivity index (χ1v) is 6.32. The Morgan fingerprint density at radius 1 is 0.667 bits per heavy atom. The standard InChI is InChI=1S/C7H8F9O4P/c8-5(9,10)1-2-18-21(17,19-3-6(11,12)13)20-4-7(14,15)16/h1-4H2. The predicted molar refractivity (Wildman–Crippen MR) is 48.2 cm³/mol. The van der Waals surface area contributed by atoms with Crippen molar-refractivity contribution >= 4 is 7.82 Å². The van der Waals surface area contributed by atoms with Gasteiger partial charge >= 0.3 is 26.4 Å². The normalized spacial score (nSPS) is 14.5. The summed E-state index contributed by atoms with van der Waals surface area (Å²) in [5.74, 6) is 0. The molecule has 0 heterocycles. The molecule has 0 atom stereocenters. The Morgan fingerprint density at radius 2 is 1.05 bits per heavy atom. The van der Waals surface area contributed by atoms with Crippen LogP contribution >= 0.6 is 7.82 Å². The summed E-state index contributed by atoms with van der Waals surface area (Å²) in [7, 11) is -5.44. The molecule has 0 unspecified atom stereocenters. The molecule has 128 valence electrons. The molecular formula is C7H8F9O4P. The number of phosphoric acid groups is 1. The Kier molecular flexibility index (Phi) is 6.98. The van der Waals surface area contributed by atoms with Crippen molar-refractivity contribution in [3.05, 3.63) is 0 Å². The van der Waals surface area contributed by atoms with Crippen LogP contribution in [0.25, 0.3) is 0 Å². The Balaban J connectivity index is 4.63. The lowest BCUT2D eigenvalue weighted by atomic mass is 10.5. The molecule has 21 heavy (non-hydrogen) atoms. The van der Waals surface area contributed by atoms with E-state index in [0.29, 0.717) is 0 Å². The van der Waals surface area contributed by atoms with Gasteiger partial charge in [0.1, 0.15) is 0 Å². The van der Waals surface area contributed by atoms with E-state index in [1.165, 1.54) is 0 Å². The lowest BCUT2D eigenvalue weighted by molar-refractivity contribution is -0.172. The van der Waals surface area contributed by atoms with E-state index in [4.69, 9.17) is 0 Å². The van der Waals surface area contributed by atoms with Gasteiger partial charge in [-0.15, -0.1) is 0 Å². The molecule has 0 radical (unpaired) electrons. The van der Waals surface area contributed by atoms with Gasteiger partial charge in [0.15, 0.2) is 13.2 Å². The van der Waals surface area contributed by atoms with Crippen LogP contribution in [0.1, 0.15) is 6.42 Å². The van der Waals surface area contributed by atoms with Crippen molar-refractivity contribution in [2.45, 2.75) is 24.9 Å². The zero-order valence-electron chi connectivity index (χ0n) is 9.81. The number of alkyl halides is 9. The molecule has 0 rings (SSSR count). The summed E-state index contributed by atoms with van der Waals surface area (Å²) >= 11 is 0.